The third-order valence-electron chi connectivity index (χ3n) is 2.67. The summed E-state index contributed by atoms with van der Waals surface area (Å²) in [5.41, 5.74) is 5.91. The number of likely N-dealkylation sites (tertiary alicyclic amines) is 1. The molecule has 86 valence electrons. The lowest BCUT2D eigenvalue weighted by atomic mass is 10.2. The number of nitrogens with zero attached hydrogens (tertiary/aromatic N) is 1. The molecule has 0 unspecified atom stereocenters. The Labute approximate surface area is 93.2 Å². The van der Waals surface area contributed by atoms with E-state index in [2.05, 4.69) is 5.32 Å². The van der Waals surface area contributed by atoms with Gasteiger partial charge in [0.05, 0.1) is 5.69 Å². The Kier molecular flexibility index (Phi) is 2.94. The molecule has 1 fully saturated rings. The first-order valence-corrected chi connectivity index (χ1v) is 5.28. The van der Waals surface area contributed by atoms with Crippen LogP contribution in [0.2, 0.25) is 0 Å². The number of carbonyl (C=O) groups excluding carboxylic acids is 1. The van der Waals surface area contributed by atoms with E-state index in [0.29, 0.717) is 0 Å². The smallest absolute Gasteiger partial charge is 0.321 e. The van der Waals surface area contributed by atoms with Crippen LogP contribution in [0.3, 0.4) is 0 Å². The fourth-order valence-corrected chi connectivity index (χ4v) is 1.78. The van der Waals surface area contributed by atoms with Gasteiger partial charge in [0.15, 0.2) is 0 Å². The molecule has 0 spiro atoms. The molecule has 16 heavy (non-hydrogen) atoms. The maximum absolute atomic E-state index is 13.4. The van der Waals surface area contributed by atoms with Gasteiger partial charge in [-0.3, -0.25) is 0 Å². The average Bonchev–Trinajstić information content (AvgIpc) is 2.76. The summed E-state index contributed by atoms with van der Waals surface area (Å²) in [6.45, 7) is 1.44. The van der Waals surface area contributed by atoms with Crippen molar-refractivity contribution in [3.8, 4) is 0 Å². The third-order valence-corrected chi connectivity index (χ3v) is 2.67. The second kappa shape index (κ2) is 4.38. The highest BCUT2D eigenvalue weighted by molar-refractivity contribution is 5.92. The molecular formula is C11H14FN3O. The molecule has 5 heteroatoms. The lowest BCUT2D eigenvalue weighted by Gasteiger charge is -2.17. The molecule has 0 aromatic heterocycles. The molecule has 3 N–H and O–H groups in total. The number of hydrogen-bond acceptors (Lipinski definition) is 2. The molecule has 2 rings (SSSR count). The van der Waals surface area contributed by atoms with E-state index in [9.17, 15) is 9.18 Å². The topological polar surface area (TPSA) is 58.4 Å². The largest absolute Gasteiger partial charge is 0.397 e. The van der Waals surface area contributed by atoms with Gasteiger partial charge in [-0.2, -0.15) is 0 Å². The van der Waals surface area contributed by atoms with E-state index in [-0.39, 0.29) is 17.4 Å². The second-order valence-corrected chi connectivity index (χ2v) is 3.83. The molecule has 0 saturated carbocycles. The minimum absolute atomic E-state index is 0.0689. The summed E-state index contributed by atoms with van der Waals surface area (Å²) >= 11 is 0. The molecule has 1 heterocycles. The zero-order valence-corrected chi connectivity index (χ0v) is 8.87. The van der Waals surface area contributed by atoms with Crippen molar-refractivity contribution in [1.82, 2.24) is 4.90 Å². The van der Waals surface area contributed by atoms with Crippen LogP contribution in [0, 0.1) is 5.82 Å². The molecule has 0 bridgehead atoms. The summed E-state index contributed by atoms with van der Waals surface area (Å²) in [6.07, 6.45) is 2.00. The number of rotatable bonds is 1. The van der Waals surface area contributed by atoms with Crippen molar-refractivity contribution in [2.75, 3.05) is 24.1 Å². The summed E-state index contributed by atoms with van der Waals surface area (Å²) in [6, 6.07) is 4.06. The van der Waals surface area contributed by atoms with Gasteiger partial charge in [0.2, 0.25) is 0 Å². The molecule has 0 atom stereocenters. The number of halogens is 1. The Bertz CT molecular complexity index is 382. The summed E-state index contributed by atoms with van der Waals surface area (Å²) in [5.74, 6) is -0.507. The van der Waals surface area contributed by atoms with Gasteiger partial charge in [-0.25, -0.2) is 9.18 Å². The first-order valence-electron chi connectivity index (χ1n) is 5.28. The number of nitrogen functional groups attached to an aromatic ring is 1. The SMILES string of the molecule is Nc1cccc(F)c1NC(=O)N1CCCC1. The van der Waals surface area contributed by atoms with E-state index >= 15 is 0 Å². The number of anilines is 2. The van der Waals surface area contributed by atoms with Gasteiger partial charge in [0.25, 0.3) is 0 Å². The Morgan fingerprint density at radius 3 is 2.69 bits per heavy atom. The Balaban J connectivity index is 2.11. The number of amides is 2. The molecule has 0 aliphatic carbocycles. The van der Waals surface area contributed by atoms with Crippen LogP contribution in [0.25, 0.3) is 0 Å². The maximum Gasteiger partial charge on any atom is 0.321 e. The minimum atomic E-state index is -0.507. The zero-order chi connectivity index (χ0) is 11.5. The number of carbonyl (C=O) groups is 1. The molecule has 0 radical (unpaired) electrons. The fraction of sp³-hybridized carbons (Fsp3) is 0.364. The van der Waals surface area contributed by atoms with Gasteiger partial charge in [0, 0.05) is 13.1 Å². The van der Waals surface area contributed by atoms with E-state index in [1.165, 1.54) is 12.1 Å². The molecular weight excluding hydrogens is 209 g/mol. The van der Waals surface area contributed by atoms with Gasteiger partial charge < -0.3 is 16.0 Å². The van der Waals surface area contributed by atoms with Crippen LogP contribution in [0.5, 0.6) is 0 Å². The Hall–Kier alpha value is -1.78. The van der Waals surface area contributed by atoms with Gasteiger partial charge in [-0.15, -0.1) is 0 Å². The van der Waals surface area contributed by atoms with E-state index in [1.807, 2.05) is 0 Å². The molecule has 2 amide bonds. The predicted molar refractivity (Wildman–Crippen MR) is 60.6 cm³/mol. The molecule has 1 saturated heterocycles. The normalized spacial score (nSPS) is 15.2. The molecule has 1 aromatic rings. The summed E-state index contributed by atoms with van der Waals surface area (Å²) in [7, 11) is 0. The third kappa shape index (κ3) is 2.08. The number of hydrogen-bond donors (Lipinski definition) is 2. The van der Waals surface area contributed by atoms with Crippen LogP contribution >= 0.6 is 0 Å². The predicted octanol–water partition coefficient (Wildman–Crippen LogP) is 2.04. The van der Waals surface area contributed by atoms with E-state index < -0.39 is 5.82 Å². The van der Waals surface area contributed by atoms with Gasteiger partial charge >= 0.3 is 6.03 Å². The van der Waals surface area contributed by atoms with Crippen LogP contribution in [-0.4, -0.2) is 24.0 Å². The Morgan fingerprint density at radius 1 is 1.38 bits per heavy atom. The van der Waals surface area contributed by atoms with Crippen LogP contribution in [0.15, 0.2) is 18.2 Å². The van der Waals surface area contributed by atoms with Gasteiger partial charge in [-0.05, 0) is 25.0 Å². The Morgan fingerprint density at radius 2 is 2.06 bits per heavy atom. The zero-order valence-electron chi connectivity index (χ0n) is 8.87. The van der Waals surface area contributed by atoms with E-state index in [0.717, 1.165) is 25.9 Å². The highest BCUT2D eigenvalue weighted by Crippen LogP contribution is 2.22. The van der Waals surface area contributed by atoms with Crippen LogP contribution < -0.4 is 11.1 Å². The summed E-state index contributed by atoms with van der Waals surface area (Å²) < 4.78 is 13.4. The fourth-order valence-electron chi connectivity index (χ4n) is 1.78. The highest BCUT2D eigenvalue weighted by Gasteiger charge is 2.19. The molecule has 1 aliphatic rings. The van der Waals surface area contributed by atoms with Crippen LogP contribution in [0.4, 0.5) is 20.6 Å². The van der Waals surface area contributed by atoms with Gasteiger partial charge in [0.1, 0.15) is 11.5 Å². The van der Waals surface area contributed by atoms with Crippen molar-refractivity contribution in [3.63, 3.8) is 0 Å². The van der Waals surface area contributed by atoms with Crippen molar-refractivity contribution < 1.29 is 9.18 Å². The average molecular weight is 223 g/mol. The minimum Gasteiger partial charge on any atom is -0.397 e. The summed E-state index contributed by atoms with van der Waals surface area (Å²) in [4.78, 5) is 13.4. The van der Waals surface area contributed by atoms with Crippen molar-refractivity contribution in [3.05, 3.63) is 24.0 Å². The quantitative estimate of drug-likeness (QED) is 0.716. The maximum atomic E-state index is 13.4. The number of nitrogens with two attached hydrogens (primary N) is 1. The molecule has 1 aliphatic heterocycles. The standard InChI is InChI=1S/C11H14FN3O/c12-8-4-3-5-9(13)10(8)14-11(16)15-6-1-2-7-15/h3-5H,1-2,6-7,13H2,(H,14,16). The van der Waals surface area contributed by atoms with Crippen molar-refractivity contribution in [2.24, 2.45) is 0 Å². The van der Waals surface area contributed by atoms with E-state index in [4.69, 9.17) is 5.73 Å². The number of urea groups is 1. The summed E-state index contributed by atoms with van der Waals surface area (Å²) in [5, 5.41) is 2.51. The first-order chi connectivity index (χ1) is 7.68. The van der Waals surface area contributed by atoms with Crippen LogP contribution in [0.1, 0.15) is 12.8 Å². The second-order valence-electron chi connectivity index (χ2n) is 3.83. The number of nitrogens with one attached hydrogen (secondary N) is 1. The van der Waals surface area contributed by atoms with Gasteiger partial charge in [-0.1, -0.05) is 6.07 Å². The van der Waals surface area contributed by atoms with Crippen LogP contribution in [-0.2, 0) is 0 Å². The van der Waals surface area contributed by atoms with Crippen molar-refractivity contribution >= 4 is 17.4 Å². The molecule has 1 aromatic carbocycles. The number of benzene rings is 1. The highest BCUT2D eigenvalue weighted by atomic mass is 19.1. The van der Waals surface area contributed by atoms with Crippen molar-refractivity contribution in [2.45, 2.75) is 12.8 Å². The monoisotopic (exact) mass is 223 g/mol. The van der Waals surface area contributed by atoms with E-state index in [1.54, 1.807) is 11.0 Å². The van der Waals surface area contributed by atoms with Crippen molar-refractivity contribution in [1.29, 1.82) is 0 Å². The first kappa shape index (κ1) is 10.7. The lowest BCUT2D eigenvalue weighted by molar-refractivity contribution is 0.222. The number of para-hydroxylation sites is 1. The lowest BCUT2D eigenvalue weighted by Crippen LogP contribution is -2.32. The molecule has 4 nitrogen and oxygen atoms in total.